The second-order valence-corrected chi connectivity index (χ2v) is 5.20. The van der Waals surface area contributed by atoms with Crippen molar-refractivity contribution < 1.29 is 14.3 Å². The maximum Gasteiger partial charge on any atom is 0.341 e. The summed E-state index contributed by atoms with van der Waals surface area (Å²) in [7, 11) is 0. The highest BCUT2D eigenvalue weighted by Gasteiger charge is 2.18. The number of nitrogens with one attached hydrogen (secondary N) is 1. The van der Waals surface area contributed by atoms with Crippen LogP contribution in [0.2, 0.25) is 0 Å². The Morgan fingerprint density at radius 3 is 2.54 bits per heavy atom. The van der Waals surface area contributed by atoms with Crippen molar-refractivity contribution >= 4 is 28.5 Å². The fourth-order valence-electron chi connectivity index (χ4n) is 2.55. The number of nitrogens with zero attached hydrogens (tertiary/aromatic N) is 2. The molecule has 0 saturated carbocycles. The third-order valence-corrected chi connectivity index (χ3v) is 3.80. The lowest BCUT2D eigenvalue weighted by atomic mass is 10.1. The molecule has 24 heavy (non-hydrogen) atoms. The Kier molecular flexibility index (Phi) is 6.12. The predicted molar refractivity (Wildman–Crippen MR) is 94.1 cm³/mol. The smallest absolute Gasteiger partial charge is 0.341 e. The molecule has 0 aliphatic heterocycles. The molecule has 0 radical (unpaired) electrons. The van der Waals surface area contributed by atoms with Gasteiger partial charge in [-0.1, -0.05) is 18.2 Å². The summed E-state index contributed by atoms with van der Waals surface area (Å²) in [5.41, 5.74) is 1.67. The largest absolute Gasteiger partial charge is 0.462 e. The molecule has 0 unspecified atom stereocenters. The molecule has 1 aromatic heterocycles. The lowest BCUT2D eigenvalue weighted by molar-refractivity contribution is -0.128. The highest BCUT2D eigenvalue weighted by molar-refractivity contribution is 6.05. The number of hydrogen-bond acceptors (Lipinski definition) is 5. The molecule has 0 fully saturated rings. The van der Waals surface area contributed by atoms with Crippen LogP contribution in [0.1, 0.15) is 31.1 Å². The predicted octanol–water partition coefficient (Wildman–Crippen LogP) is 2.69. The van der Waals surface area contributed by atoms with E-state index in [2.05, 4.69) is 10.3 Å². The van der Waals surface area contributed by atoms with Crippen LogP contribution >= 0.6 is 0 Å². The second kappa shape index (κ2) is 8.29. The van der Waals surface area contributed by atoms with Crippen molar-refractivity contribution in [2.24, 2.45) is 0 Å². The lowest BCUT2D eigenvalue weighted by Crippen LogP contribution is -2.35. The number of fused-ring (bicyclic) bond motifs is 1. The number of carbonyl (C=O) groups is 2. The molecule has 1 N–H and O–H groups in total. The molecule has 0 atom stereocenters. The molecule has 6 heteroatoms. The number of hydrogen-bond donors (Lipinski definition) is 1. The summed E-state index contributed by atoms with van der Waals surface area (Å²) in [6.07, 6.45) is 1.49. The normalized spacial score (nSPS) is 10.5. The van der Waals surface area contributed by atoms with E-state index in [1.165, 1.54) is 6.20 Å². The van der Waals surface area contributed by atoms with Crippen LogP contribution in [-0.2, 0) is 9.53 Å². The standard InChI is InChI=1S/C18H23N3O3/c1-4-21(5-2)16(22)12-20-17-13-9-7-8-10-15(13)19-11-14(17)18(23)24-6-3/h7-11H,4-6,12H2,1-3H3,(H,19,20). The molecular formula is C18H23N3O3. The Balaban J connectivity index is 2.36. The van der Waals surface area contributed by atoms with Gasteiger partial charge in [-0.15, -0.1) is 0 Å². The van der Waals surface area contributed by atoms with Crippen LogP contribution < -0.4 is 5.32 Å². The maximum atomic E-state index is 12.3. The molecule has 0 spiro atoms. The van der Waals surface area contributed by atoms with E-state index in [0.29, 0.717) is 24.3 Å². The summed E-state index contributed by atoms with van der Waals surface area (Å²) in [6.45, 7) is 7.33. The molecule has 1 amide bonds. The molecule has 2 aromatic rings. The van der Waals surface area contributed by atoms with Crippen molar-refractivity contribution in [2.45, 2.75) is 20.8 Å². The number of ether oxygens (including phenoxy) is 1. The summed E-state index contributed by atoms with van der Waals surface area (Å²) in [5.74, 6) is -0.468. The van der Waals surface area contributed by atoms with Crippen LogP contribution in [0.25, 0.3) is 10.9 Å². The summed E-state index contributed by atoms with van der Waals surface area (Å²) in [4.78, 5) is 30.5. The molecule has 0 saturated heterocycles. The minimum Gasteiger partial charge on any atom is -0.462 e. The average molecular weight is 329 g/mol. The van der Waals surface area contributed by atoms with Crippen LogP contribution in [0.5, 0.6) is 0 Å². The number of amides is 1. The monoisotopic (exact) mass is 329 g/mol. The van der Waals surface area contributed by atoms with E-state index in [0.717, 1.165) is 10.9 Å². The summed E-state index contributed by atoms with van der Waals surface area (Å²) in [6, 6.07) is 7.48. The van der Waals surface area contributed by atoms with Crippen LogP contribution in [0.15, 0.2) is 30.5 Å². The number of likely N-dealkylation sites (N-methyl/N-ethyl adjacent to an activating group) is 1. The topological polar surface area (TPSA) is 71.5 Å². The average Bonchev–Trinajstić information content (AvgIpc) is 2.60. The minimum atomic E-state index is -0.450. The Labute approximate surface area is 141 Å². The number of aromatic nitrogens is 1. The first-order valence-corrected chi connectivity index (χ1v) is 8.18. The van der Waals surface area contributed by atoms with E-state index in [-0.39, 0.29) is 19.1 Å². The van der Waals surface area contributed by atoms with Gasteiger partial charge in [-0.3, -0.25) is 9.78 Å². The van der Waals surface area contributed by atoms with Gasteiger partial charge in [-0.25, -0.2) is 4.79 Å². The molecule has 128 valence electrons. The van der Waals surface area contributed by atoms with Gasteiger partial charge >= 0.3 is 5.97 Å². The Hall–Kier alpha value is -2.63. The zero-order valence-electron chi connectivity index (χ0n) is 14.3. The van der Waals surface area contributed by atoms with E-state index in [9.17, 15) is 9.59 Å². The zero-order valence-corrected chi connectivity index (χ0v) is 14.3. The SMILES string of the molecule is CCOC(=O)c1cnc2ccccc2c1NCC(=O)N(CC)CC. The van der Waals surface area contributed by atoms with Gasteiger partial charge in [0.2, 0.25) is 5.91 Å². The molecular weight excluding hydrogens is 306 g/mol. The first kappa shape index (κ1) is 17.7. The summed E-state index contributed by atoms with van der Waals surface area (Å²) >= 11 is 0. The first-order valence-electron chi connectivity index (χ1n) is 8.18. The Bertz CT molecular complexity index is 727. The van der Waals surface area contributed by atoms with Gasteiger partial charge in [0.1, 0.15) is 5.56 Å². The number of benzene rings is 1. The van der Waals surface area contributed by atoms with E-state index in [1.807, 2.05) is 38.1 Å². The van der Waals surface area contributed by atoms with Crippen molar-refractivity contribution in [3.63, 3.8) is 0 Å². The first-order chi connectivity index (χ1) is 11.6. The van der Waals surface area contributed by atoms with Gasteiger partial charge in [-0.05, 0) is 26.8 Å². The molecule has 0 bridgehead atoms. The van der Waals surface area contributed by atoms with Gasteiger partial charge in [0.25, 0.3) is 0 Å². The van der Waals surface area contributed by atoms with Gasteiger partial charge in [0, 0.05) is 24.7 Å². The van der Waals surface area contributed by atoms with Crippen molar-refractivity contribution in [1.29, 1.82) is 0 Å². The fourth-order valence-corrected chi connectivity index (χ4v) is 2.55. The van der Waals surface area contributed by atoms with Crippen LogP contribution in [0.3, 0.4) is 0 Å². The fraction of sp³-hybridized carbons (Fsp3) is 0.389. The highest BCUT2D eigenvalue weighted by Crippen LogP contribution is 2.26. The lowest BCUT2D eigenvalue weighted by Gasteiger charge is -2.20. The van der Waals surface area contributed by atoms with Crippen LogP contribution in [0.4, 0.5) is 5.69 Å². The molecule has 1 heterocycles. The van der Waals surface area contributed by atoms with Gasteiger partial charge in [0.05, 0.1) is 24.4 Å². The quantitative estimate of drug-likeness (QED) is 0.791. The highest BCUT2D eigenvalue weighted by atomic mass is 16.5. The zero-order chi connectivity index (χ0) is 17.5. The van der Waals surface area contributed by atoms with Crippen molar-refractivity contribution in [3.8, 4) is 0 Å². The number of pyridine rings is 1. The molecule has 0 aliphatic rings. The molecule has 6 nitrogen and oxygen atoms in total. The summed E-state index contributed by atoms with van der Waals surface area (Å²) < 4.78 is 5.10. The van der Waals surface area contributed by atoms with E-state index in [4.69, 9.17) is 4.74 Å². The number of esters is 1. The number of anilines is 1. The van der Waals surface area contributed by atoms with Crippen molar-refractivity contribution in [1.82, 2.24) is 9.88 Å². The van der Waals surface area contributed by atoms with E-state index in [1.54, 1.807) is 11.8 Å². The molecule has 0 aliphatic carbocycles. The molecule has 2 rings (SSSR count). The summed E-state index contributed by atoms with van der Waals surface area (Å²) in [5, 5.41) is 3.90. The van der Waals surface area contributed by atoms with Crippen molar-refractivity contribution in [2.75, 3.05) is 31.6 Å². The van der Waals surface area contributed by atoms with Crippen molar-refractivity contribution in [3.05, 3.63) is 36.0 Å². The Morgan fingerprint density at radius 1 is 1.17 bits per heavy atom. The van der Waals surface area contributed by atoms with E-state index >= 15 is 0 Å². The Morgan fingerprint density at radius 2 is 1.88 bits per heavy atom. The minimum absolute atomic E-state index is 0.0179. The third-order valence-electron chi connectivity index (χ3n) is 3.80. The number of carbonyl (C=O) groups excluding carboxylic acids is 2. The molecule has 1 aromatic carbocycles. The van der Waals surface area contributed by atoms with Crippen LogP contribution in [0, 0.1) is 0 Å². The van der Waals surface area contributed by atoms with Crippen LogP contribution in [-0.4, -0.2) is 48.0 Å². The van der Waals surface area contributed by atoms with Gasteiger partial charge < -0.3 is 15.0 Å². The number of para-hydroxylation sites is 1. The van der Waals surface area contributed by atoms with E-state index < -0.39 is 5.97 Å². The second-order valence-electron chi connectivity index (χ2n) is 5.20. The van der Waals surface area contributed by atoms with Gasteiger partial charge in [-0.2, -0.15) is 0 Å². The third kappa shape index (κ3) is 3.82. The van der Waals surface area contributed by atoms with Gasteiger partial charge in [0.15, 0.2) is 0 Å². The number of rotatable bonds is 7. The maximum absolute atomic E-state index is 12.3.